The summed E-state index contributed by atoms with van der Waals surface area (Å²) in [6.07, 6.45) is 4.01. The fourth-order valence-electron chi connectivity index (χ4n) is 2.81. The van der Waals surface area contributed by atoms with Crippen LogP contribution in [0.5, 0.6) is 0 Å². The quantitative estimate of drug-likeness (QED) is 0.423. The van der Waals surface area contributed by atoms with Crippen LogP contribution in [-0.4, -0.2) is 42.1 Å². The van der Waals surface area contributed by atoms with E-state index in [-0.39, 0.29) is 29.6 Å². The Labute approximate surface area is 163 Å². The molecule has 0 aliphatic rings. The molecule has 1 unspecified atom stereocenters. The number of aldehydes is 1. The predicted octanol–water partition coefficient (Wildman–Crippen LogP) is 1.94. The molecule has 0 rings (SSSR count). The van der Waals surface area contributed by atoms with Crippen molar-refractivity contribution in [2.75, 3.05) is 0 Å². The molecule has 156 valence electrons. The topological polar surface area (TPSA) is 104 Å². The molecule has 3 amide bonds. The molecule has 0 bridgehead atoms. The van der Waals surface area contributed by atoms with Crippen molar-refractivity contribution < 1.29 is 19.2 Å². The molecule has 0 spiro atoms. The monoisotopic (exact) mass is 383 g/mol. The van der Waals surface area contributed by atoms with Gasteiger partial charge in [-0.1, -0.05) is 47.5 Å². The molecule has 0 aromatic carbocycles. The van der Waals surface area contributed by atoms with Gasteiger partial charge in [0.25, 0.3) is 0 Å². The highest BCUT2D eigenvalue weighted by atomic mass is 16.2. The van der Waals surface area contributed by atoms with Crippen LogP contribution >= 0.6 is 0 Å². The minimum absolute atomic E-state index is 0.177. The molecule has 0 fully saturated rings. The summed E-state index contributed by atoms with van der Waals surface area (Å²) in [5.74, 6) is -0.650. The summed E-state index contributed by atoms with van der Waals surface area (Å²) in [7, 11) is 0. The molecule has 0 aromatic rings. The van der Waals surface area contributed by atoms with Gasteiger partial charge in [-0.2, -0.15) is 0 Å². The first-order chi connectivity index (χ1) is 12.6. The Bertz CT molecular complexity index is 492. The van der Waals surface area contributed by atoms with E-state index in [1.165, 1.54) is 6.92 Å². The zero-order chi connectivity index (χ0) is 21.0. The summed E-state index contributed by atoms with van der Waals surface area (Å²) in [5.41, 5.74) is 0. The van der Waals surface area contributed by atoms with Crippen LogP contribution in [0, 0.1) is 11.8 Å². The lowest BCUT2D eigenvalue weighted by molar-refractivity contribution is -0.133. The van der Waals surface area contributed by atoms with Crippen molar-refractivity contribution in [2.24, 2.45) is 11.8 Å². The molecular weight excluding hydrogens is 346 g/mol. The third-order valence-electron chi connectivity index (χ3n) is 4.10. The number of carbonyl (C=O) groups excluding carboxylic acids is 4. The predicted molar refractivity (Wildman–Crippen MR) is 106 cm³/mol. The van der Waals surface area contributed by atoms with Crippen molar-refractivity contribution >= 4 is 24.0 Å². The van der Waals surface area contributed by atoms with Crippen molar-refractivity contribution in [1.82, 2.24) is 16.0 Å². The number of hydrogen-bond acceptors (Lipinski definition) is 4. The number of unbranched alkanes of at least 4 members (excludes halogenated alkanes) is 1. The second-order valence-corrected chi connectivity index (χ2v) is 7.97. The highest BCUT2D eigenvalue weighted by Crippen LogP contribution is 2.09. The number of rotatable bonds is 13. The van der Waals surface area contributed by atoms with Gasteiger partial charge in [0.1, 0.15) is 18.4 Å². The number of hydrogen-bond donors (Lipinski definition) is 3. The Morgan fingerprint density at radius 1 is 0.852 bits per heavy atom. The minimum Gasteiger partial charge on any atom is -0.345 e. The first-order valence-electron chi connectivity index (χ1n) is 9.93. The average molecular weight is 384 g/mol. The summed E-state index contributed by atoms with van der Waals surface area (Å²) < 4.78 is 0. The van der Waals surface area contributed by atoms with Crippen LogP contribution in [0.25, 0.3) is 0 Å². The van der Waals surface area contributed by atoms with E-state index in [9.17, 15) is 19.2 Å². The zero-order valence-corrected chi connectivity index (χ0v) is 17.6. The smallest absolute Gasteiger partial charge is 0.243 e. The molecule has 27 heavy (non-hydrogen) atoms. The molecule has 0 aliphatic heterocycles. The lowest BCUT2D eigenvalue weighted by Gasteiger charge is -2.25. The molecule has 0 aliphatic carbocycles. The number of amides is 3. The second-order valence-electron chi connectivity index (χ2n) is 7.97. The maximum Gasteiger partial charge on any atom is 0.243 e. The van der Waals surface area contributed by atoms with Gasteiger partial charge in [0, 0.05) is 6.92 Å². The Morgan fingerprint density at radius 3 is 1.74 bits per heavy atom. The van der Waals surface area contributed by atoms with Gasteiger partial charge in [-0.15, -0.1) is 0 Å². The van der Waals surface area contributed by atoms with Crippen molar-refractivity contribution in [1.29, 1.82) is 0 Å². The Hall–Kier alpha value is -1.92. The lowest BCUT2D eigenvalue weighted by atomic mass is 9.99. The van der Waals surface area contributed by atoms with Gasteiger partial charge in [-0.05, 0) is 31.1 Å². The van der Waals surface area contributed by atoms with E-state index in [1.54, 1.807) is 0 Å². The summed E-state index contributed by atoms with van der Waals surface area (Å²) in [6, 6.07) is -1.98. The van der Waals surface area contributed by atoms with Gasteiger partial charge in [0.05, 0.1) is 6.04 Å². The van der Waals surface area contributed by atoms with Crippen LogP contribution in [-0.2, 0) is 19.2 Å². The van der Waals surface area contributed by atoms with E-state index >= 15 is 0 Å². The van der Waals surface area contributed by atoms with Gasteiger partial charge in [0.2, 0.25) is 17.7 Å². The number of carbonyl (C=O) groups is 4. The van der Waals surface area contributed by atoms with E-state index < -0.39 is 18.1 Å². The largest absolute Gasteiger partial charge is 0.345 e. The maximum absolute atomic E-state index is 12.7. The van der Waals surface area contributed by atoms with Crippen LogP contribution in [0.15, 0.2) is 0 Å². The summed E-state index contributed by atoms with van der Waals surface area (Å²) in [4.78, 5) is 47.9. The molecule has 0 saturated carbocycles. The lowest BCUT2D eigenvalue weighted by Crippen LogP contribution is -2.55. The molecule has 3 atom stereocenters. The van der Waals surface area contributed by atoms with E-state index in [1.807, 2.05) is 34.6 Å². The van der Waals surface area contributed by atoms with Crippen LogP contribution < -0.4 is 16.0 Å². The van der Waals surface area contributed by atoms with Crippen molar-refractivity contribution in [2.45, 2.75) is 91.8 Å². The fraction of sp³-hybridized carbons (Fsp3) is 0.800. The van der Waals surface area contributed by atoms with Crippen molar-refractivity contribution in [3.05, 3.63) is 0 Å². The molecular formula is C20H37N3O4. The summed E-state index contributed by atoms with van der Waals surface area (Å²) >= 11 is 0. The van der Waals surface area contributed by atoms with Crippen LogP contribution in [0.1, 0.15) is 73.6 Å². The van der Waals surface area contributed by atoms with E-state index in [0.29, 0.717) is 19.3 Å². The Balaban J connectivity index is 5.14. The molecule has 7 nitrogen and oxygen atoms in total. The second kappa shape index (κ2) is 13.3. The normalized spacial score (nSPS) is 14.4. The van der Waals surface area contributed by atoms with E-state index in [4.69, 9.17) is 0 Å². The highest BCUT2D eigenvalue weighted by molar-refractivity contribution is 5.92. The third-order valence-corrected chi connectivity index (χ3v) is 4.10. The molecule has 0 saturated heterocycles. The minimum atomic E-state index is -0.745. The summed E-state index contributed by atoms with van der Waals surface area (Å²) in [6.45, 7) is 11.2. The van der Waals surface area contributed by atoms with Crippen molar-refractivity contribution in [3.63, 3.8) is 0 Å². The van der Waals surface area contributed by atoms with E-state index in [0.717, 1.165) is 19.1 Å². The van der Waals surface area contributed by atoms with Gasteiger partial charge in [0.15, 0.2) is 0 Å². The molecule has 0 radical (unpaired) electrons. The summed E-state index contributed by atoms with van der Waals surface area (Å²) in [5, 5.41) is 8.14. The van der Waals surface area contributed by atoms with Gasteiger partial charge in [-0.3, -0.25) is 14.4 Å². The molecule has 0 heterocycles. The first kappa shape index (κ1) is 25.1. The highest BCUT2D eigenvalue weighted by Gasteiger charge is 2.28. The molecule has 3 N–H and O–H groups in total. The SMILES string of the molecule is CCCC[C@@H](C=O)NC(=O)[C@H](CC(C)C)NC(=O)C(CC(C)C)NC(C)=O. The van der Waals surface area contributed by atoms with Crippen molar-refractivity contribution in [3.8, 4) is 0 Å². The van der Waals surface area contributed by atoms with Crippen LogP contribution in [0.4, 0.5) is 0 Å². The Morgan fingerprint density at radius 2 is 1.33 bits per heavy atom. The third kappa shape index (κ3) is 11.4. The van der Waals surface area contributed by atoms with Gasteiger partial charge < -0.3 is 20.7 Å². The fourth-order valence-corrected chi connectivity index (χ4v) is 2.81. The zero-order valence-electron chi connectivity index (χ0n) is 17.6. The molecule has 0 aromatic heterocycles. The first-order valence-corrected chi connectivity index (χ1v) is 9.93. The van der Waals surface area contributed by atoms with Crippen LogP contribution in [0.2, 0.25) is 0 Å². The average Bonchev–Trinajstić information content (AvgIpc) is 2.55. The maximum atomic E-state index is 12.7. The Kier molecular flexibility index (Phi) is 12.3. The van der Waals surface area contributed by atoms with Gasteiger partial charge in [-0.25, -0.2) is 0 Å². The standard InChI is InChI=1S/C20H37N3O4/c1-7-8-9-16(12-24)22-19(26)18(11-14(4)5)23-20(27)17(10-13(2)3)21-15(6)25/h12-14,16-18H,7-11H2,1-6H3,(H,21,25)(H,22,26)(H,23,27)/t16-,17?,18-/m0/s1. The van der Waals surface area contributed by atoms with E-state index in [2.05, 4.69) is 16.0 Å². The molecule has 7 heteroatoms. The van der Waals surface area contributed by atoms with Crippen LogP contribution in [0.3, 0.4) is 0 Å². The van der Waals surface area contributed by atoms with Gasteiger partial charge >= 0.3 is 0 Å². The number of nitrogens with one attached hydrogen (secondary N) is 3.